The molecule has 5 saturated carbocycles. The van der Waals surface area contributed by atoms with Gasteiger partial charge in [0.15, 0.2) is 5.78 Å². The topological polar surface area (TPSA) is 63.6 Å². The van der Waals surface area contributed by atoms with E-state index in [9.17, 15) is 14.7 Å². The zero-order valence-corrected chi connectivity index (χ0v) is 16.8. The van der Waals surface area contributed by atoms with Crippen LogP contribution < -0.4 is 0 Å². The van der Waals surface area contributed by atoms with Crippen molar-refractivity contribution in [2.75, 3.05) is 0 Å². The van der Waals surface area contributed by atoms with E-state index in [-0.39, 0.29) is 40.2 Å². The van der Waals surface area contributed by atoms with E-state index in [1.807, 2.05) is 6.08 Å². The van der Waals surface area contributed by atoms with Gasteiger partial charge in [0.05, 0.1) is 6.10 Å². The van der Waals surface area contributed by atoms with Gasteiger partial charge in [0, 0.05) is 24.2 Å². The van der Waals surface area contributed by atoms with E-state index in [2.05, 4.69) is 13.8 Å². The first-order valence-corrected chi connectivity index (χ1v) is 11.4. The molecule has 0 bridgehead atoms. The van der Waals surface area contributed by atoms with Crippen molar-refractivity contribution in [2.24, 2.45) is 52.3 Å². The van der Waals surface area contributed by atoms with Crippen LogP contribution in [0.1, 0.15) is 58.8 Å². The Morgan fingerprint density at radius 3 is 2.64 bits per heavy atom. The fraction of sp³-hybridized carbons (Fsp3) is 0.833. The number of carbonyl (C=O) groups is 2. The van der Waals surface area contributed by atoms with Gasteiger partial charge in [0.25, 0.3) is 0 Å². The summed E-state index contributed by atoms with van der Waals surface area (Å²) in [6.45, 7) is 4.69. The second-order valence-electron chi connectivity index (χ2n) is 11.7. The third-order valence-corrected chi connectivity index (χ3v) is 10.8. The van der Waals surface area contributed by atoms with Gasteiger partial charge in [-0.3, -0.25) is 9.59 Å². The lowest BCUT2D eigenvalue weighted by Crippen LogP contribution is -2.62. The maximum Gasteiger partial charge on any atom is 0.306 e. The normalized spacial score (nSPS) is 62.9. The lowest BCUT2D eigenvalue weighted by molar-refractivity contribution is -0.197. The Morgan fingerprint density at radius 1 is 1.07 bits per heavy atom. The maximum absolute atomic E-state index is 12.2. The molecule has 4 heteroatoms. The van der Waals surface area contributed by atoms with Gasteiger partial charge in [-0.15, -0.1) is 0 Å². The highest BCUT2D eigenvalue weighted by atomic mass is 16.6. The van der Waals surface area contributed by atoms with Gasteiger partial charge < -0.3 is 9.84 Å². The third kappa shape index (κ3) is 1.60. The van der Waals surface area contributed by atoms with E-state index in [4.69, 9.17) is 4.74 Å². The fourth-order valence-corrected chi connectivity index (χ4v) is 9.85. The molecule has 1 saturated heterocycles. The van der Waals surface area contributed by atoms with Crippen molar-refractivity contribution in [3.05, 3.63) is 11.6 Å². The van der Waals surface area contributed by atoms with Gasteiger partial charge in [-0.2, -0.15) is 0 Å². The predicted octanol–water partition coefficient (Wildman–Crippen LogP) is 3.28. The molecule has 150 valence electrons. The third-order valence-electron chi connectivity index (χ3n) is 10.8. The summed E-state index contributed by atoms with van der Waals surface area (Å²) in [5.41, 5.74) is 0.950. The highest BCUT2D eigenvalue weighted by Crippen LogP contribution is 2.82. The Labute approximate surface area is 166 Å². The van der Waals surface area contributed by atoms with Gasteiger partial charge >= 0.3 is 5.97 Å². The van der Waals surface area contributed by atoms with Gasteiger partial charge in [-0.1, -0.05) is 19.4 Å². The molecule has 1 spiro atoms. The molecule has 1 N–H and O–H groups in total. The van der Waals surface area contributed by atoms with Crippen molar-refractivity contribution >= 4 is 11.8 Å². The first-order valence-electron chi connectivity index (χ1n) is 11.4. The smallest absolute Gasteiger partial charge is 0.306 e. The lowest BCUT2D eigenvalue weighted by atomic mass is 9.44. The molecule has 28 heavy (non-hydrogen) atoms. The van der Waals surface area contributed by atoms with Crippen LogP contribution in [-0.4, -0.2) is 28.6 Å². The van der Waals surface area contributed by atoms with Crippen molar-refractivity contribution in [3.63, 3.8) is 0 Å². The molecule has 1 aliphatic heterocycles. The molecule has 11 atom stereocenters. The number of rotatable bonds is 0. The van der Waals surface area contributed by atoms with Crippen molar-refractivity contribution < 1.29 is 19.4 Å². The van der Waals surface area contributed by atoms with Crippen LogP contribution in [0, 0.1) is 52.3 Å². The van der Waals surface area contributed by atoms with Crippen molar-refractivity contribution in [1.82, 2.24) is 0 Å². The Kier molecular flexibility index (Phi) is 2.73. The second-order valence-corrected chi connectivity index (χ2v) is 11.7. The number of aliphatic hydroxyl groups excluding tert-OH is 1. The summed E-state index contributed by atoms with van der Waals surface area (Å²) >= 11 is 0. The summed E-state index contributed by atoms with van der Waals surface area (Å²) in [5.74, 6) is 4.01. The number of hydrogen-bond acceptors (Lipinski definition) is 4. The molecule has 0 aromatic heterocycles. The summed E-state index contributed by atoms with van der Waals surface area (Å²) in [6.07, 6.45) is 7.70. The zero-order chi connectivity index (χ0) is 19.2. The molecular weight excluding hydrogens is 352 g/mol. The summed E-state index contributed by atoms with van der Waals surface area (Å²) < 4.78 is 6.15. The van der Waals surface area contributed by atoms with Gasteiger partial charge in [0.2, 0.25) is 0 Å². The number of esters is 1. The molecule has 0 unspecified atom stereocenters. The van der Waals surface area contributed by atoms with Crippen LogP contribution in [0.25, 0.3) is 0 Å². The van der Waals surface area contributed by atoms with E-state index in [1.54, 1.807) is 0 Å². The first kappa shape index (κ1) is 16.6. The summed E-state index contributed by atoms with van der Waals surface area (Å²) in [5, 5.41) is 11.6. The SMILES string of the molecule is C[C@]12CCC(=O)C=C1[C@@H]1C[C@@H]1[C@@H]1[C@@H]2[C@@H](O)C[C@@]2(C)[C@H]1[C@@H]1C[C@@H]1[C@@]21CCC(=O)O1. The quantitative estimate of drug-likeness (QED) is 0.653. The highest BCUT2D eigenvalue weighted by molar-refractivity contribution is 5.92. The molecular formula is C24H30O4. The van der Waals surface area contributed by atoms with Crippen LogP contribution in [-0.2, 0) is 14.3 Å². The van der Waals surface area contributed by atoms with Crippen LogP contribution in [0.3, 0.4) is 0 Å². The molecule has 0 amide bonds. The van der Waals surface area contributed by atoms with E-state index in [0.29, 0.717) is 48.3 Å². The molecule has 0 aromatic rings. The average molecular weight is 383 g/mol. The van der Waals surface area contributed by atoms with Crippen LogP contribution in [0.15, 0.2) is 11.6 Å². The Morgan fingerprint density at radius 2 is 1.89 bits per heavy atom. The Balaban J connectivity index is 1.36. The number of fused-ring (bicyclic) bond motifs is 12. The van der Waals surface area contributed by atoms with Crippen molar-refractivity contribution in [1.29, 1.82) is 0 Å². The molecule has 6 aliphatic carbocycles. The van der Waals surface area contributed by atoms with Crippen molar-refractivity contribution in [2.45, 2.75) is 70.5 Å². The number of aliphatic hydroxyl groups is 1. The lowest BCUT2D eigenvalue weighted by Gasteiger charge is -2.61. The number of hydrogen-bond donors (Lipinski definition) is 1. The Hall–Kier alpha value is -1.16. The molecule has 1 heterocycles. The minimum atomic E-state index is -0.358. The van der Waals surface area contributed by atoms with Gasteiger partial charge in [-0.05, 0) is 79.1 Å². The highest BCUT2D eigenvalue weighted by Gasteiger charge is 2.82. The Bertz CT molecular complexity index is 861. The van der Waals surface area contributed by atoms with E-state index in [0.717, 1.165) is 19.3 Å². The molecule has 4 nitrogen and oxygen atoms in total. The molecule has 7 rings (SSSR count). The largest absolute Gasteiger partial charge is 0.458 e. The molecule has 0 radical (unpaired) electrons. The second kappa shape index (κ2) is 4.61. The minimum absolute atomic E-state index is 0.0243. The van der Waals surface area contributed by atoms with Crippen LogP contribution in [0.4, 0.5) is 0 Å². The van der Waals surface area contributed by atoms with Gasteiger partial charge in [-0.25, -0.2) is 0 Å². The summed E-state index contributed by atoms with van der Waals surface area (Å²) in [4.78, 5) is 24.3. The fourth-order valence-electron chi connectivity index (χ4n) is 9.85. The number of allylic oxidation sites excluding steroid dienone is 1. The molecule has 7 aliphatic rings. The average Bonchev–Trinajstić information content (AvgIpc) is 3.53. The van der Waals surface area contributed by atoms with Crippen LogP contribution in [0.2, 0.25) is 0 Å². The standard InChI is InChI=1S/C24H30O4/c1-22-5-3-11(25)7-15(22)12-8-13(12)19-20-14-9-16(14)24(6-4-18(27)28-24)23(20,2)10-17(26)21(19)22/h7,12-14,16-17,19-21,26H,3-6,8-10H2,1-2H3/t12-,13+,14-,16+,17+,19+,20+,21+,22+,23+,24+/m1/s1. The van der Waals surface area contributed by atoms with Crippen molar-refractivity contribution in [3.8, 4) is 0 Å². The number of ketones is 1. The summed E-state index contributed by atoms with van der Waals surface area (Å²) in [6, 6.07) is 0. The number of ether oxygens (including phenoxy) is 1. The monoisotopic (exact) mass is 382 g/mol. The first-order chi connectivity index (χ1) is 13.3. The van der Waals surface area contributed by atoms with Gasteiger partial charge in [0.1, 0.15) is 5.60 Å². The van der Waals surface area contributed by atoms with E-state index < -0.39 is 0 Å². The van der Waals surface area contributed by atoms with Crippen LogP contribution in [0.5, 0.6) is 0 Å². The van der Waals surface area contributed by atoms with E-state index >= 15 is 0 Å². The number of carbonyl (C=O) groups excluding carboxylic acids is 2. The predicted molar refractivity (Wildman–Crippen MR) is 101 cm³/mol. The zero-order valence-electron chi connectivity index (χ0n) is 16.8. The minimum Gasteiger partial charge on any atom is -0.458 e. The van der Waals surface area contributed by atoms with E-state index in [1.165, 1.54) is 18.4 Å². The molecule has 0 aromatic carbocycles. The van der Waals surface area contributed by atoms with Crippen LogP contribution >= 0.6 is 0 Å². The summed E-state index contributed by atoms with van der Waals surface area (Å²) in [7, 11) is 0. The maximum atomic E-state index is 12.2. The molecule has 6 fully saturated rings.